The maximum Gasteiger partial charge on any atom is 0.248 e. The quantitative estimate of drug-likeness (QED) is 0.605. The molecule has 164 valence electrons. The Balaban J connectivity index is 2.19. The number of carbonyl (C=O) groups is 1. The molecule has 0 aliphatic rings. The summed E-state index contributed by atoms with van der Waals surface area (Å²) < 4.78 is 38.4. The first-order valence-electron chi connectivity index (χ1n) is 9.35. The molecule has 0 radical (unpaired) electrons. The van der Waals surface area contributed by atoms with Crippen LogP contribution in [0.2, 0.25) is 0 Å². The van der Waals surface area contributed by atoms with Crippen LogP contribution in [0.25, 0.3) is 6.08 Å². The van der Waals surface area contributed by atoms with E-state index in [0.29, 0.717) is 17.1 Å². The van der Waals surface area contributed by atoms with Crippen molar-refractivity contribution in [2.75, 3.05) is 19.0 Å². The van der Waals surface area contributed by atoms with Crippen molar-refractivity contribution in [2.45, 2.75) is 31.2 Å². The van der Waals surface area contributed by atoms with Crippen molar-refractivity contribution in [1.29, 1.82) is 5.26 Å². The second-order valence-corrected chi connectivity index (χ2v) is 9.18. The average molecular weight is 444 g/mol. The molecular weight excluding hydrogens is 418 g/mol. The standard InChI is InChI=1S/C22H25N3O5S/c1-22(2,3)25-31(27,28)20-8-6-5-7-17(20)24-21(26)12-10-16-9-11-18(30-14-13-23)19(15-16)29-4/h5-12,15,25H,14H2,1-4H3,(H,24,26)/b12-10+. The number of methoxy groups -OCH3 is 1. The van der Waals surface area contributed by atoms with Gasteiger partial charge in [0.1, 0.15) is 11.0 Å². The number of para-hydroxylation sites is 1. The molecule has 0 atom stereocenters. The van der Waals surface area contributed by atoms with Crippen molar-refractivity contribution < 1.29 is 22.7 Å². The molecule has 0 unspecified atom stereocenters. The minimum absolute atomic E-state index is 0.0210. The molecule has 2 aromatic rings. The maximum absolute atomic E-state index is 12.7. The van der Waals surface area contributed by atoms with Crippen LogP contribution in [0.3, 0.4) is 0 Å². The fourth-order valence-electron chi connectivity index (χ4n) is 2.63. The molecule has 8 nitrogen and oxygen atoms in total. The Bertz CT molecular complexity index is 1110. The summed E-state index contributed by atoms with van der Waals surface area (Å²) >= 11 is 0. The molecule has 0 saturated carbocycles. The molecule has 2 aromatic carbocycles. The normalized spacial score (nSPS) is 11.7. The van der Waals surface area contributed by atoms with Crippen molar-refractivity contribution in [3.63, 3.8) is 0 Å². The van der Waals surface area contributed by atoms with Gasteiger partial charge in [0.15, 0.2) is 18.1 Å². The molecular formula is C22H25N3O5S. The van der Waals surface area contributed by atoms with E-state index in [4.69, 9.17) is 14.7 Å². The zero-order chi connectivity index (χ0) is 23.1. The van der Waals surface area contributed by atoms with Crippen molar-refractivity contribution in [3.05, 3.63) is 54.1 Å². The second-order valence-electron chi connectivity index (χ2n) is 7.53. The average Bonchev–Trinajstić information content (AvgIpc) is 2.69. The van der Waals surface area contributed by atoms with Crippen LogP contribution in [0.15, 0.2) is 53.4 Å². The number of hydrogen-bond acceptors (Lipinski definition) is 6. The van der Waals surface area contributed by atoms with Crippen LogP contribution < -0.4 is 19.5 Å². The molecule has 0 saturated heterocycles. The topological polar surface area (TPSA) is 118 Å². The predicted molar refractivity (Wildman–Crippen MR) is 118 cm³/mol. The molecule has 31 heavy (non-hydrogen) atoms. The highest BCUT2D eigenvalue weighted by Crippen LogP contribution is 2.28. The first-order chi connectivity index (χ1) is 14.6. The number of carbonyl (C=O) groups excluding carboxylic acids is 1. The van der Waals surface area contributed by atoms with Crippen LogP contribution >= 0.6 is 0 Å². The summed E-state index contributed by atoms with van der Waals surface area (Å²) in [6.45, 7) is 5.10. The lowest BCUT2D eigenvalue weighted by Crippen LogP contribution is -2.40. The van der Waals surface area contributed by atoms with Gasteiger partial charge in [-0.15, -0.1) is 0 Å². The van der Waals surface area contributed by atoms with Gasteiger partial charge >= 0.3 is 0 Å². The molecule has 1 amide bonds. The molecule has 0 heterocycles. The van der Waals surface area contributed by atoms with Crippen molar-refractivity contribution in [3.8, 4) is 17.6 Å². The fourth-order valence-corrected chi connectivity index (χ4v) is 4.21. The summed E-state index contributed by atoms with van der Waals surface area (Å²) in [7, 11) is -2.36. The monoisotopic (exact) mass is 443 g/mol. The Morgan fingerprint density at radius 3 is 2.52 bits per heavy atom. The summed E-state index contributed by atoms with van der Waals surface area (Å²) in [5.74, 6) is 0.334. The Hall–Kier alpha value is -3.35. The number of ether oxygens (including phenoxy) is 2. The van der Waals surface area contributed by atoms with E-state index in [9.17, 15) is 13.2 Å². The number of sulfonamides is 1. The largest absolute Gasteiger partial charge is 0.493 e. The van der Waals surface area contributed by atoms with E-state index in [-0.39, 0.29) is 17.2 Å². The third-order valence-corrected chi connectivity index (χ3v) is 5.60. The van der Waals surface area contributed by atoms with E-state index in [1.807, 2.05) is 6.07 Å². The highest BCUT2D eigenvalue weighted by atomic mass is 32.2. The first kappa shape index (κ1) is 23.9. The summed E-state index contributed by atoms with van der Waals surface area (Å²) in [4.78, 5) is 12.4. The summed E-state index contributed by atoms with van der Waals surface area (Å²) in [6.07, 6.45) is 2.83. The van der Waals surface area contributed by atoms with Crippen molar-refractivity contribution in [2.24, 2.45) is 0 Å². The maximum atomic E-state index is 12.7. The van der Waals surface area contributed by atoms with Gasteiger partial charge in [0.2, 0.25) is 15.9 Å². The number of nitrogens with one attached hydrogen (secondary N) is 2. The smallest absolute Gasteiger partial charge is 0.248 e. The third kappa shape index (κ3) is 7.13. The molecule has 0 spiro atoms. The number of nitriles is 1. The van der Waals surface area contributed by atoms with Gasteiger partial charge in [-0.1, -0.05) is 18.2 Å². The van der Waals surface area contributed by atoms with Crippen LogP contribution in [0, 0.1) is 11.3 Å². The van der Waals surface area contributed by atoms with Crippen molar-refractivity contribution >= 4 is 27.7 Å². The van der Waals surface area contributed by atoms with Crippen LogP contribution in [0.1, 0.15) is 26.3 Å². The first-order valence-corrected chi connectivity index (χ1v) is 10.8. The van der Waals surface area contributed by atoms with Gasteiger partial charge in [0.05, 0.1) is 12.8 Å². The fraction of sp³-hybridized carbons (Fsp3) is 0.273. The van der Waals surface area contributed by atoms with E-state index >= 15 is 0 Å². The van der Waals surface area contributed by atoms with Crippen LogP contribution in [0.5, 0.6) is 11.5 Å². The van der Waals surface area contributed by atoms with Gasteiger partial charge < -0.3 is 14.8 Å². The number of nitrogens with zero attached hydrogens (tertiary/aromatic N) is 1. The van der Waals surface area contributed by atoms with Crippen LogP contribution in [-0.2, 0) is 14.8 Å². The Kier molecular flexibility index (Phi) is 7.80. The highest BCUT2D eigenvalue weighted by Gasteiger charge is 2.24. The van der Waals surface area contributed by atoms with Gasteiger partial charge in [-0.25, -0.2) is 13.1 Å². The van der Waals surface area contributed by atoms with E-state index in [1.54, 1.807) is 57.2 Å². The Morgan fingerprint density at radius 2 is 1.87 bits per heavy atom. The molecule has 0 bridgehead atoms. The van der Waals surface area contributed by atoms with E-state index < -0.39 is 21.5 Å². The molecule has 2 rings (SSSR count). The number of amides is 1. The second kappa shape index (κ2) is 10.1. The van der Waals surface area contributed by atoms with Gasteiger partial charge in [-0.3, -0.25) is 4.79 Å². The van der Waals surface area contributed by atoms with Crippen molar-refractivity contribution in [1.82, 2.24) is 4.72 Å². The minimum Gasteiger partial charge on any atom is -0.493 e. The van der Waals surface area contributed by atoms with E-state index in [0.717, 1.165) is 0 Å². The van der Waals surface area contributed by atoms with E-state index in [2.05, 4.69) is 10.0 Å². The van der Waals surface area contributed by atoms with Crippen LogP contribution in [0.4, 0.5) is 5.69 Å². The molecule has 0 aliphatic heterocycles. The lowest BCUT2D eigenvalue weighted by atomic mass is 10.1. The zero-order valence-electron chi connectivity index (χ0n) is 17.8. The number of anilines is 1. The van der Waals surface area contributed by atoms with Gasteiger partial charge in [-0.05, 0) is 56.7 Å². The Labute approximate surface area is 182 Å². The number of benzene rings is 2. The summed E-state index contributed by atoms with van der Waals surface area (Å²) in [5, 5.41) is 11.2. The summed E-state index contributed by atoms with van der Waals surface area (Å²) in [5.41, 5.74) is 0.163. The SMILES string of the molecule is COc1cc(/C=C/C(=O)Nc2ccccc2S(=O)(=O)NC(C)(C)C)ccc1OCC#N. The van der Waals surface area contributed by atoms with E-state index in [1.165, 1.54) is 25.3 Å². The highest BCUT2D eigenvalue weighted by molar-refractivity contribution is 7.89. The Morgan fingerprint density at radius 1 is 1.16 bits per heavy atom. The van der Waals surface area contributed by atoms with Crippen LogP contribution in [-0.4, -0.2) is 33.6 Å². The number of hydrogen-bond donors (Lipinski definition) is 2. The molecule has 9 heteroatoms. The predicted octanol–water partition coefficient (Wildman–Crippen LogP) is 3.33. The minimum atomic E-state index is -3.83. The molecule has 0 aromatic heterocycles. The third-order valence-electron chi connectivity index (χ3n) is 3.78. The zero-order valence-corrected chi connectivity index (χ0v) is 18.6. The lowest BCUT2D eigenvalue weighted by Gasteiger charge is -2.21. The molecule has 0 fully saturated rings. The lowest BCUT2D eigenvalue weighted by molar-refractivity contribution is -0.111. The molecule has 2 N–H and O–H groups in total. The van der Waals surface area contributed by atoms with Gasteiger partial charge in [0, 0.05) is 11.6 Å². The number of rotatable bonds is 8. The van der Waals surface area contributed by atoms with Gasteiger partial charge in [0.25, 0.3) is 0 Å². The van der Waals surface area contributed by atoms with Gasteiger partial charge in [-0.2, -0.15) is 5.26 Å². The molecule has 0 aliphatic carbocycles. The summed E-state index contributed by atoms with van der Waals surface area (Å²) in [6, 6.07) is 13.0.